The average Bonchev–Trinajstić information content (AvgIpc) is 2.06. The van der Waals surface area contributed by atoms with E-state index in [0.717, 1.165) is 6.42 Å². The number of nitrogens with zero attached hydrogens (tertiary/aromatic N) is 2. The maximum atomic E-state index is 8.50. The summed E-state index contributed by atoms with van der Waals surface area (Å²) in [6.45, 7) is 5.21. The van der Waals surface area contributed by atoms with E-state index in [0.29, 0.717) is 5.70 Å². The van der Waals surface area contributed by atoms with Gasteiger partial charge >= 0.3 is 0 Å². The Morgan fingerprint density at radius 3 is 2.91 bits per heavy atom. The first kappa shape index (κ1) is 9.86. The number of hydrogen-bond acceptors (Lipinski definition) is 3. The molecule has 0 saturated carbocycles. The van der Waals surface area contributed by atoms with E-state index in [9.17, 15) is 0 Å². The van der Waals surface area contributed by atoms with Crippen LogP contribution in [-0.2, 0) is 0 Å². The summed E-state index contributed by atoms with van der Waals surface area (Å²) >= 11 is 0. The van der Waals surface area contributed by atoms with Crippen LogP contribution in [-0.4, -0.2) is 17.9 Å². The zero-order valence-electron chi connectivity index (χ0n) is 6.62. The summed E-state index contributed by atoms with van der Waals surface area (Å²) in [6.07, 6.45) is 2.25. The number of aliphatic imine (C=N–C) groups is 1. The molecule has 0 aliphatic rings. The average molecular weight is 152 g/mol. The van der Waals surface area contributed by atoms with Crippen molar-refractivity contribution in [2.24, 2.45) is 10.9 Å². The summed E-state index contributed by atoms with van der Waals surface area (Å²) in [6, 6.07) is 2.06. The number of rotatable bonds is 4. The van der Waals surface area contributed by atoms with E-state index >= 15 is 0 Å². The minimum Gasteiger partial charge on any atom is -0.390 e. The van der Waals surface area contributed by atoms with Crippen molar-refractivity contribution in [1.82, 2.24) is 0 Å². The summed E-state index contributed by atoms with van der Waals surface area (Å²) in [5, 5.41) is 17.0. The molecule has 0 spiro atoms. The second kappa shape index (κ2) is 5.63. The molecule has 3 nitrogen and oxygen atoms in total. The molecule has 0 amide bonds. The lowest BCUT2D eigenvalue weighted by Gasteiger charge is -1.95. The molecule has 0 bridgehead atoms. The van der Waals surface area contributed by atoms with E-state index < -0.39 is 0 Å². The highest BCUT2D eigenvalue weighted by Crippen LogP contribution is 1.98. The van der Waals surface area contributed by atoms with Crippen LogP contribution in [0.25, 0.3) is 0 Å². The first-order chi connectivity index (χ1) is 5.24. The quantitative estimate of drug-likeness (QED) is 0.613. The molecular weight excluding hydrogens is 140 g/mol. The standard InChI is InChI=1S/C8H12N2O/c1-3-8(4-9)5-10-7(2)6-11/h5,8,11H,2-3,6H2,1H3/t8-/m1/s1. The van der Waals surface area contributed by atoms with Gasteiger partial charge in [0.05, 0.1) is 24.3 Å². The fraction of sp³-hybridized carbons (Fsp3) is 0.500. The molecule has 0 aliphatic heterocycles. The predicted octanol–water partition coefficient (Wildman–Crippen LogP) is 1.11. The molecule has 1 atom stereocenters. The van der Waals surface area contributed by atoms with Gasteiger partial charge in [-0.25, -0.2) is 0 Å². The maximum Gasteiger partial charge on any atom is 0.0846 e. The van der Waals surface area contributed by atoms with Gasteiger partial charge in [-0.05, 0) is 6.42 Å². The molecule has 0 aliphatic carbocycles. The topological polar surface area (TPSA) is 56.4 Å². The third kappa shape index (κ3) is 4.29. The fourth-order valence-corrected chi connectivity index (χ4v) is 0.466. The van der Waals surface area contributed by atoms with E-state index in [1.165, 1.54) is 6.21 Å². The highest BCUT2D eigenvalue weighted by Gasteiger charge is 1.97. The first-order valence-corrected chi connectivity index (χ1v) is 3.47. The van der Waals surface area contributed by atoms with Gasteiger partial charge in [-0.15, -0.1) is 0 Å². The minimum atomic E-state index is -0.168. The molecule has 0 fully saturated rings. The van der Waals surface area contributed by atoms with Crippen LogP contribution in [0.15, 0.2) is 17.3 Å². The summed E-state index contributed by atoms with van der Waals surface area (Å²) in [4.78, 5) is 3.79. The van der Waals surface area contributed by atoms with Gasteiger partial charge in [0.15, 0.2) is 0 Å². The molecule has 11 heavy (non-hydrogen) atoms. The zero-order valence-corrected chi connectivity index (χ0v) is 6.62. The van der Waals surface area contributed by atoms with Gasteiger partial charge in [0.1, 0.15) is 0 Å². The van der Waals surface area contributed by atoms with Crippen molar-refractivity contribution in [3.63, 3.8) is 0 Å². The van der Waals surface area contributed by atoms with Crippen LogP contribution in [0.3, 0.4) is 0 Å². The van der Waals surface area contributed by atoms with Gasteiger partial charge in [-0.2, -0.15) is 5.26 Å². The Hall–Kier alpha value is -1.14. The Balaban J connectivity index is 3.91. The molecule has 0 aromatic carbocycles. The molecule has 0 unspecified atom stereocenters. The molecule has 0 rings (SSSR count). The molecule has 0 aromatic rings. The van der Waals surface area contributed by atoms with Crippen molar-refractivity contribution in [3.05, 3.63) is 12.3 Å². The second-order valence-corrected chi connectivity index (χ2v) is 2.15. The number of nitriles is 1. The number of aliphatic hydroxyl groups excluding tert-OH is 1. The van der Waals surface area contributed by atoms with Gasteiger partial charge in [0.25, 0.3) is 0 Å². The molecule has 0 saturated heterocycles. The van der Waals surface area contributed by atoms with Crippen molar-refractivity contribution in [3.8, 4) is 6.07 Å². The Labute approximate surface area is 66.7 Å². The van der Waals surface area contributed by atoms with E-state index in [2.05, 4.69) is 17.6 Å². The van der Waals surface area contributed by atoms with E-state index in [-0.39, 0.29) is 12.5 Å². The van der Waals surface area contributed by atoms with Crippen LogP contribution >= 0.6 is 0 Å². The number of hydrogen-bond donors (Lipinski definition) is 1. The third-order valence-corrected chi connectivity index (χ3v) is 1.23. The lowest BCUT2D eigenvalue weighted by molar-refractivity contribution is 0.330. The van der Waals surface area contributed by atoms with Crippen molar-refractivity contribution < 1.29 is 5.11 Å². The SMILES string of the molecule is C=C(CO)N=C[C@@H](C#N)CC. The van der Waals surface area contributed by atoms with Crippen LogP contribution in [0.2, 0.25) is 0 Å². The second-order valence-electron chi connectivity index (χ2n) is 2.15. The zero-order chi connectivity index (χ0) is 8.69. The Bertz CT molecular complexity index is 191. The monoisotopic (exact) mass is 152 g/mol. The van der Waals surface area contributed by atoms with Gasteiger partial charge < -0.3 is 5.11 Å². The minimum absolute atomic E-state index is 0.154. The van der Waals surface area contributed by atoms with Gasteiger partial charge in [-0.3, -0.25) is 4.99 Å². The summed E-state index contributed by atoms with van der Waals surface area (Å²) < 4.78 is 0. The van der Waals surface area contributed by atoms with Gasteiger partial charge in [-0.1, -0.05) is 13.5 Å². The molecule has 3 heteroatoms. The fourth-order valence-electron chi connectivity index (χ4n) is 0.466. The predicted molar refractivity (Wildman–Crippen MR) is 44.1 cm³/mol. The Morgan fingerprint density at radius 2 is 2.55 bits per heavy atom. The molecular formula is C8H12N2O. The lowest BCUT2D eigenvalue weighted by Crippen LogP contribution is -1.96. The van der Waals surface area contributed by atoms with Crippen molar-refractivity contribution in [1.29, 1.82) is 5.26 Å². The van der Waals surface area contributed by atoms with Crippen molar-refractivity contribution >= 4 is 6.21 Å². The third-order valence-electron chi connectivity index (χ3n) is 1.23. The highest BCUT2D eigenvalue weighted by molar-refractivity contribution is 5.65. The molecule has 60 valence electrons. The maximum absolute atomic E-state index is 8.50. The smallest absolute Gasteiger partial charge is 0.0846 e. The van der Waals surface area contributed by atoms with Crippen molar-refractivity contribution in [2.45, 2.75) is 13.3 Å². The van der Waals surface area contributed by atoms with Gasteiger partial charge in [0, 0.05) is 6.21 Å². The lowest BCUT2D eigenvalue weighted by atomic mass is 10.1. The largest absolute Gasteiger partial charge is 0.390 e. The Kier molecular flexibility index (Phi) is 5.05. The van der Waals surface area contributed by atoms with Crippen LogP contribution < -0.4 is 0 Å². The Morgan fingerprint density at radius 1 is 1.91 bits per heavy atom. The van der Waals surface area contributed by atoms with E-state index in [1.54, 1.807) is 0 Å². The van der Waals surface area contributed by atoms with Crippen LogP contribution in [0.1, 0.15) is 13.3 Å². The van der Waals surface area contributed by atoms with E-state index in [1.807, 2.05) is 6.92 Å². The van der Waals surface area contributed by atoms with Crippen LogP contribution in [0.5, 0.6) is 0 Å². The van der Waals surface area contributed by atoms with Crippen molar-refractivity contribution in [2.75, 3.05) is 6.61 Å². The first-order valence-electron chi connectivity index (χ1n) is 3.47. The van der Waals surface area contributed by atoms with Crippen LogP contribution in [0.4, 0.5) is 0 Å². The molecule has 1 N–H and O–H groups in total. The molecule has 0 heterocycles. The summed E-state index contributed by atoms with van der Waals surface area (Å²) in [5.41, 5.74) is 0.388. The van der Waals surface area contributed by atoms with E-state index in [4.69, 9.17) is 10.4 Å². The van der Waals surface area contributed by atoms with Crippen LogP contribution in [0, 0.1) is 17.2 Å². The van der Waals surface area contributed by atoms with Gasteiger partial charge in [0.2, 0.25) is 0 Å². The highest BCUT2D eigenvalue weighted by atomic mass is 16.3. The molecule has 0 radical (unpaired) electrons. The summed E-state index contributed by atoms with van der Waals surface area (Å²) in [7, 11) is 0. The summed E-state index contributed by atoms with van der Waals surface area (Å²) in [5.74, 6) is -0.168. The normalized spacial score (nSPS) is 12.8. The number of aliphatic hydroxyl groups is 1. The molecule has 0 aromatic heterocycles.